The highest BCUT2D eigenvalue weighted by Gasteiger charge is 2.11. The molecular formula is C12H19NO4S. The van der Waals surface area contributed by atoms with E-state index in [1.165, 1.54) is 19.4 Å². The molecule has 5 nitrogen and oxygen atoms in total. The van der Waals surface area contributed by atoms with Crippen molar-refractivity contribution in [3.8, 4) is 11.5 Å². The van der Waals surface area contributed by atoms with Gasteiger partial charge in [-0.25, -0.2) is 8.42 Å². The largest absolute Gasteiger partial charge is 0.507 e. The summed E-state index contributed by atoms with van der Waals surface area (Å²) in [5, 5.41) is 12.8. The fraction of sp³-hybridized carbons (Fsp3) is 0.500. The predicted octanol–water partition coefficient (Wildman–Crippen LogP) is 0.923. The zero-order valence-corrected chi connectivity index (χ0v) is 11.6. The maximum Gasteiger partial charge on any atom is 0.148 e. The monoisotopic (exact) mass is 273 g/mol. The summed E-state index contributed by atoms with van der Waals surface area (Å²) in [6.07, 6.45) is 1.20. The Morgan fingerprint density at radius 3 is 2.61 bits per heavy atom. The normalized spacial score (nSPS) is 13.3. The van der Waals surface area contributed by atoms with Crippen LogP contribution in [0.1, 0.15) is 12.5 Å². The number of rotatable bonds is 6. The summed E-state index contributed by atoms with van der Waals surface area (Å²) in [7, 11) is -1.46. The third-order valence-electron chi connectivity index (χ3n) is 2.49. The van der Waals surface area contributed by atoms with Crippen LogP contribution >= 0.6 is 0 Å². The number of nitrogens with one attached hydrogen (secondary N) is 1. The number of hydrogen-bond donors (Lipinski definition) is 2. The van der Waals surface area contributed by atoms with Crippen LogP contribution in [-0.4, -0.2) is 38.7 Å². The van der Waals surface area contributed by atoms with Crippen molar-refractivity contribution in [3.63, 3.8) is 0 Å². The van der Waals surface area contributed by atoms with Crippen LogP contribution < -0.4 is 10.1 Å². The molecule has 2 N–H and O–H groups in total. The van der Waals surface area contributed by atoms with Gasteiger partial charge in [-0.05, 0) is 13.0 Å². The van der Waals surface area contributed by atoms with Crippen molar-refractivity contribution < 1.29 is 18.3 Å². The van der Waals surface area contributed by atoms with Gasteiger partial charge in [-0.15, -0.1) is 0 Å². The van der Waals surface area contributed by atoms with Gasteiger partial charge in [-0.1, -0.05) is 6.07 Å². The van der Waals surface area contributed by atoms with E-state index in [4.69, 9.17) is 4.74 Å². The number of sulfone groups is 1. The van der Waals surface area contributed by atoms with Crippen molar-refractivity contribution in [3.05, 3.63) is 23.8 Å². The van der Waals surface area contributed by atoms with E-state index >= 15 is 0 Å². The number of phenols is 1. The number of aromatic hydroxyl groups is 1. The quantitative estimate of drug-likeness (QED) is 0.806. The summed E-state index contributed by atoms with van der Waals surface area (Å²) in [6.45, 7) is 2.20. The Balaban J connectivity index is 2.58. The number of methoxy groups -OCH3 is 1. The smallest absolute Gasteiger partial charge is 0.148 e. The third kappa shape index (κ3) is 4.93. The Kier molecular flexibility index (Phi) is 4.98. The summed E-state index contributed by atoms with van der Waals surface area (Å²) in [5.74, 6) is 0.790. The maximum absolute atomic E-state index is 11.1. The van der Waals surface area contributed by atoms with E-state index < -0.39 is 9.84 Å². The molecule has 0 radical (unpaired) electrons. The molecule has 6 heteroatoms. The van der Waals surface area contributed by atoms with E-state index in [1.54, 1.807) is 19.1 Å². The summed E-state index contributed by atoms with van der Waals surface area (Å²) < 4.78 is 27.2. The number of ether oxygens (including phenoxy) is 1. The van der Waals surface area contributed by atoms with Crippen molar-refractivity contribution in [2.75, 3.05) is 19.1 Å². The molecule has 102 valence electrons. The van der Waals surface area contributed by atoms with Crippen LogP contribution in [-0.2, 0) is 16.4 Å². The number of hydrogen-bond acceptors (Lipinski definition) is 5. The molecule has 1 rings (SSSR count). The second-order valence-corrected chi connectivity index (χ2v) is 6.55. The molecule has 0 amide bonds. The Bertz CT molecular complexity index is 499. The fourth-order valence-electron chi connectivity index (χ4n) is 1.62. The maximum atomic E-state index is 11.1. The lowest BCUT2D eigenvalue weighted by Crippen LogP contribution is -2.32. The highest BCUT2D eigenvalue weighted by molar-refractivity contribution is 7.90. The topological polar surface area (TPSA) is 75.6 Å². The molecule has 1 aromatic rings. The van der Waals surface area contributed by atoms with Gasteiger partial charge in [0, 0.05) is 30.5 Å². The standard InChI is InChI=1S/C12H19NO4S/c1-9(8-18(3,15)16)13-7-10-4-5-11(17-2)6-12(10)14/h4-6,9,13-14H,7-8H2,1-3H3. The van der Waals surface area contributed by atoms with Gasteiger partial charge >= 0.3 is 0 Å². The first kappa shape index (κ1) is 14.8. The molecule has 0 spiro atoms. The van der Waals surface area contributed by atoms with Crippen molar-refractivity contribution in [2.24, 2.45) is 0 Å². The fourth-order valence-corrected chi connectivity index (χ4v) is 2.64. The Morgan fingerprint density at radius 1 is 1.44 bits per heavy atom. The van der Waals surface area contributed by atoms with Crippen LogP contribution in [0.4, 0.5) is 0 Å². The summed E-state index contributed by atoms with van der Waals surface area (Å²) in [4.78, 5) is 0. The molecule has 0 bridgehead atoms. The zero-order chi connectivity index (χ0) is 13.8. The number of benzene rings is 1. The molecule has 0 fully saturated rings. The average Bonchev–Trinajstić information content (AvgIpc) is 2.25. The van der Waals surface area contributed by atoms with Crippen LogP contribution in [0, 0.1) is 0 Å². The summed E-state index contributed by atoms with van der Waals surface area (Å²) >= 11 is 0. The average molecular weight is 273 g/mol. The SMILES string of the molecule is COc1ccc(CNC(C)CS(C)(=O)=O)c(O)c1. The summed E-state index contributed by atoms with van der Waals surface area (Å²) in [6, 6.07) is 4.85. The first-order valence-electron chi connectivity index (χ1n) is 5.59. The second kappa shape index (κ2) is 6.06. The van der Waals surface area contributed by atoms with E-state index in [-0.39, 0.29) is 17.5 Å². The van der Waals surface area contributed by atoms with Gasteiger partial charge in [0.15, 0.2) is 0 Å². The van der Waals surface area contributed by atoms with Crippen LogP contribution in [0.5, 0.6) is 11.5 Å². The minimum Gasteiger partial charge on any atom is -0.507 e. The van der Waals surface area contributed by atoms with Crippen LogP contribution in [0.25, 0.3) is 0 Å². The lowest BCUT2D eigenvalue weighted by atomic mass is 10.2. The van der Waals surface area contributed by atoms with Gasteiger partial charge in [0.05, 0.1) is 12.9 Å². The highest BCUT2D eigenvalue weighted by Crippen LogP contribution is 2.23. The highest BCUT2D eigenvalue weighted by atomic mass is 32.2. The van der Waals surface area contributed by atoms with Gasteiger partial charge in [0.1, 0.15) is 21.3 Å². The Morgan fingerprint density at radius 2 is 2.11 bits per heavy atom. The zero-order valence-electron chi connectivity index (χ0n) is 10.8. The molecule has 18 heavy (non-hydrogen) atoms. The Labute approximate surface area is 108 Å². The van der Waals surface area contributed by atoms with Gasteiger partial charge in [-0.3, -0.25) is 0 Å². The molecular weight excluding hydrogens is 254 g/mol. The van der Waals surface area contributed by atoms with E-state index in [2.05, 4.69) is 5.32 Å². The van der Waals surface area contributed by atoms with Crippen LogP contribution in [0.2, 0.25) is 0 Å². The van der Waals surface area contributed by atoms with E-state index in [1.807, 2.05) is 0 Å². The molecule has 1 aromatic carbocycles. The van der Waals surface area contributed by atoms with E-state index in [0.29, 0.717) is 17.9 Å². The minimum absolute atomic E-state index is 0.0733. The Hall–Kier alpha value is -1.27. The van der Waals surface area contributed by atoms with Gasteiger partial charge in [0.25, 0.3) is 0 Å². The molecule has 0 aromatic heterocycles. The first-order chi connectivity index (χ1) is 8.31. The second-order valence-electron chi connectivity index (χ2n) is 4.37. The third-order valence-corrected chi connectivity index (χ3v) is 3.59. The van der Waals surface area contributed by atoms with E-state index in [9.17, 15) is 13.5 Å². The van der Waals surface area contributed by atoms with Crippen molar-refractivity contribution in [1.82, 2.24) is 5.32 Å². The van der Waals surface area contributed by atoms with Crippen LogP contribution in [0.3, 0.4) is 0 Å². The van der Waals surface area contributed by atoms with E-state index in [0.717, 1.165) is 0 Å². The molecule has 1 atom stereocenters. The van der Waals surface area contributed by atoms with Crippen LogP contribution in [0.15, 0.2) is 18.2 Å². The van der Waals surface area contributed by atoms with Crippen molar-refractivity contribution in [1.29, 1.82) is 0 Å². The molecule has 0 heterocycles. The van der Waals surface area contributed by atoms with Crippen molar-refractivity contribution in [2.45, 2.75) is 19.5 Å². The first-order valence-corrected chi connectivity index (χ1v) is 7.65. The predicted molar refractivity (Wildman–Crippen MR) is 70.7 cm³/mol. The minimum atomic E-state index is -2.99. The molecule has 0 aliphatic carbocycles. The molecule has 0 aliphatic heterocycles. The van der Waals surface area contributed by atoms with Gasteiger partial charge < -0.3 is 15.2 Å². The molecule has 0 aliphatic rings. The molecule has 1 unspecified atom stereocenters. The summed E-state index contributed by atoms with van der Waals surface area (Å²) in [5.41, 5.74) is 0.705. The molecule has 0 saturated carbocycles. The van der Waals surface area contributed by atoms with Crippen molar-refractivity contribution >= 4 is 9.84 Å². The van der Waals surface area contributed by atoms with Gasteiger partial charge in [0.2, 0.25) is 0 Å². The van der Waals surface area contributed by atoms with Gasteiger partial charge in [-0.2, -0.15) is 0 Å². The lowest BCUT2D eigenvalue weighted by Gasteiger charge is -2.13. The number of phenolic OH excluding ortho intramolecular Hbond substituents is 1. The lowest BCUT2D eigenvalue weighted by molar-refractivity contribution is 0.405. The molecule has 0 saturated heterocycles.